The van der Waals surface area contributed by atoms with Gasteiger partial charge in [-0.3, -0.25) is 4.79 Å². The summed E-state index contributed by atoms with van der Waals surface area (Å²) >= 11 is 0. The highest BCUT2D eigenvalue weighted by Gasteiger charge is 2.04. The molecule has 0 aliphatic heterocycles. The van der Waals surface area contributed by atoms with Gasteiger partial charge >= 0.3 is 0 Å². The maximum atomic E-state index is 11.7. The highest BCUT2D eigenvalue weighted by Crippen LogP contribution is 2.15. The minimum Gasteiger partial charge on any atom is -0.508 e. The van der Waals surface area contributed by atoms with E-state index in [2.05, 4.69) is 5.32 Å². The Balaban J connectivity index is 1.98. The number of hydrogen-bond acceptors (Lipinski definition) is 3. The van der Waals surface area contributed by atoms with Crippen molar-refractivity contribution in [3.63, 3.8) is 0 Å². The third-order valence-corrected chi connectivity index (χ3v) is 2.43. The van der Waals surface area contributed by atoms with Crippen molar-refractivity contribution >= 4 is 11.6 Å². The van der Waals surface area contributed by atoms with Crippen LogP contribution in [0.3, 0.4) is 0 Å². The van der Waals surface area contributed by atoms with Crippen molar-refractivity contribution < 1.29 is 15.0 Å². The molecule has 0 saturated heterocycles. The highest BCUT2D eigenvalue weighted by molar-refractivity contribution is 5.92. The van der Waals surface area contributed by atoms with Gasteiger partial charge in [0.2, 0.25) is 5.91 Å². The Morgan fingerprint density at radius 1 is 1.00 bits per heavy atom. The van der Waals surface area contributed by atoms with Crippen LogP contribution in [0, 0.1) is 0 Å². The number of carbonyl (C=O) groups is 1. The van der Waals surface area contributed by atoms with E-state index in [0.29, 0.717) is 5.69 Å². The number of aromatic hydroxyl groups is 2. The highest BCUT2D eigenvalue weighted by atomic mass is 16.3. The molecule has 92 valence electrons. The molecule has 0 fully saturated rings. The predicted octanol–water partition coefficient (Wildman–Crippen LogP) is 2.28. The van der Waals surface area contributed by atoms with Gasteiger partial charge in [0.05, 0.1) is 6.42 Å². The standard InChI is InChI=1S/C14H13NO3/c16-12-6-4-11(5-7-12)15-14(18)9-10-2-1-3-13(17)8-10/h1-8,16-17H,9H2,(H,15,18). The molecule has 0 aliphatic rings. The molecule has 0 saturated carbocycles. The average molecular weight is 243 g/mol. The number of phenolic OH excluding ortho intramolecular Hbond substituents is 2. The van der Waals surface area contributed by atoms with Gasteiger partial charge in [-0.25, -0.2) is 0 Å². The summed E-state index contributed by atoms with van der Waals surface area (Å²) < 4.78 is 0. The fraction of sp³-hybridized carbons (Fsp3) is 0.0714. The zero-order valence-electron chi connectivity index (χ0n) is 9.63. The van der Waals surface area contributed by atoms with Crippen molar-refractivity contribution in [2.24, 2.45) is 0 Å². The summed E-state index contributed by atoms with van der Waals surface area (Å²) in [6, 6.07) is 12.8. The molecule has 3 N–H and O–H groups in total. The molecule has 0 spiro atoms. The molecule has 1 amide bonds. The molecule has 4 heteroatoms. The Morgan fingerprint density at radius 2 is 1.72 bits per heavy atom. The van der Waals surface area contributed by atoms with Gasteiger partial charge in [-0.15, -0.1) is 0 Å². The van der Waals surface area contributed by atoms with Crippen LogP contribution in [0.2, 0.25) is 0 Å². The minimum atomic E-state index is -0.175. The number of phenols is 2. The van der Waals surface area contributed by atoms with Crippen LogP contribution in [0.5, 0.6) is 11.5 Å². The van der Waals surface area contributed by atoms with E-state index in [1.165, 1.54) is 12.1 Å². The van der Waals surface area contributed by atoms with E-state index in [4.69, 9.17) is 5.11 Å². The van der Waals surface area contributed by atoms with Crippen LogP contribution in [-0.4, -0.2) is 16.1 Å². The molecular weight excluding hydrogens is 230 g/mol. The Kier molecular flexibility index (Phi) is 3.48. The summed E-state index contributed by atoms with van der Waals surface area (Å²) in [5.74, 6) is 0.122. The van der Waals surface area contributed by atoms with Gasteiger partial charge in [0, 0.05) is 5.69 Å². The Morgan fingerprint density at radius 3 is 2.39 bits per heavy atom. The third kappa shape index (κ3) is 3.25. The van der Waals surface area contributed by atoms with E-state index < -0.39 is 0 Å². The van der Waals surface area contributed by atoms with Crippen LogP contribution in [0.4, 0.5) is 5.69 Å². The average Bonchev–Trinajstić information content (AvgIpc) is 2.32. The largest absolute Gasteiger partial charge is 0.508 e. The number of rotatable bonds is 3. The summed E-state index contributed by atoms with van der Waals surface area (Å²) in [6.07, 6.45) is 0.190. The summed E-state index contributed by atoms with van der Waals surface area (Å²) in [6.45, 7) is 0. The first kappa shape index (κ1) is 12.0. The first-order chi connectivity index (χ1) is 8.63. The zero-order valence-corrected chi connectivity index (χ0v) is 9.63. The second kappa shape index (κ2) is 5.23. The minimum absolute atomic E-state index is 0.143. The molecule has 0 aromatic heterocycles. The van der Waals surface area contributed by atoms with Crippen LogP contribution < -0.4 is 5.32 Å². The lowest BCUT2D eigenvalue weighted by Crippen LogP contribution is -2.14. The quantitative estimate of drug-likeness (QED) is 0.724. The molecule has 2 rings (SSSR count). The topological polar surface area (TPSA) is 69.6 Å². The maximum absolute atomic E-state index is 11.7. The van der Waals surface area contributed by atoms with Gasteiger partial charge < -0.3 is 15.5 Å². The third-order valence-electron chi connectivity index (χ3n) is 2.43. The fourth-order valence-electron chi connectivity index (χ4n) is 1.60. The van der Waals surface area contributed by atoms with Crippen molar-refractivity contribution in [1.29, 1.82) is 0 Å². The molecule has 0 heterocycles. The number of carbonyl (C=O) groups excluding carboxylic acids is 1. The van der Waals surface area contributed by atoms with Gasteiger partial charge in [-0.2, -0.15) is 0 Å². The lowest BCUT2D eigenvalue weighted by atomic mass is 10.1. The molecule has 2 aromatic carbocycles. The number of amides is 1. The Bertz CT molecular complexity index is 549. The van der Waals surface area contributed by atoms with Crippen molar-refractivity contribution in [3.8, 4) is 11.5 Å². The Hall–Kier alpha value is -2.49. The fourth-order valence-corrected chi connectivity index (χ4v) is 1.60. The van der Waals surface area contributed by atoms with E-state index >= 15 is 0 Å². The van der Waals surface area contributed by atoms with Crippen LogP contribution in [0.15, 0.2) is 48.5 Å². The monoisotopic (exact) mass is 243 g/mol. The summed E-state index contributed by atoms with van der Waals surface area (Å²) in [5.41, 5.74) is 1.37. The van der Waals surface area contributed by atoms with E-state index in [1.54, 1.807) is 36.4 Å². The molecule has 4 nitrogen and oxygen atoms in total. The van der Waals surface area contributed by atoms with Crippen LogP contribution >= 0.6 is 0 Å². The summed E-state index contributed by atoms with van der Waals surface area (Å²) in [5, 5.41) is 21.1. The van der Waals surface area contributed by atoms with Gasteiger partial charge in [0.25, 0.3) is 0 Å². The molecule has 0 radical (unpaired) electrons. The first-order valence-corrected chi connectivity index (χ1v) is 5.50. The van der Waals surface area contributed by atoms with Crippen molar-refractivity contribution in [2.45, 2.75) is 6.42 Å². The maximum Gasteiger partial charge on any atom is 0.228 e. The van der Waals surface area contributed by atoms with Gasteiger partial charge in [-0.1, -0.05) is 12.1 Å². The lowest BCUT2D eigenvalue weighted by molar-refractivity contribution is -0.115. The van der Waals surface area contributed by atoms with E-state index in [-0.39, 0.29) is 23.8 Å². The molecule has 0 atom stereocenters. The molecule has 0 aliphatic carbocycles. The first-order valence-electron chi connectivity index (χ1n) is 5.50. The normalized spacial score (nSPS) is 10.0. The molecule has 18 heavy (non-hydrogen) atoms. The molecule has 0 unspecified atom stereocenters. The summed E-state index contributed by atoms with van der Waals surface area (Å²) in [4.78, 5) is 11.7. The number of anilines is 1. The summed E-state index contributed by atoms with van der Waals surface area (Å²) in [7, 11) is 0. The smallest absolute Gasteiger partial charge is 0.228 e. The van der Waals surface area contributed by atoms with Gasteiger partial charge in [0.15, 0.2) is 0 Å². The number of benzene rings is 2. The van der Waals surface area contributed by atoms with Crippen LogP contribution in [-0.2, 0) is 11.2 Å². The Labute approximate surface area is 105 Å². The van der Waals surface area contributed by atoms with E-state index in [9.17, 15) is 9.90 Å². The van der Waals surface area contributed by atoms with Crippen molar-refractivity contribution in [1.82, 2.24) is 0 Å². The number of nitrogens with one attached hydrogen (secondary N) is 1. The van der Waals surface area contributed by atoms with E-state index in [1.807, 2.05) is 0 Å². The SMILES string of the molecule is O=C(Cc1cccc(O)c1)Nc1ccc(O)cc1. The molecule has 0 bridgehead atoms. The van der Waals surface area contributed by atoms with Crippen LogP contribution in [0.25, 0.3) is 0 Å². The molecule has 2 aromatic rings. The van der Waals surface area contributed by atoms with Crippen LogP contribution in [0.1, 0.15) is 5.56 Å². The van der Waals surface area contributed by atoms with Gasteiger partial charge in [-0.05, 0) is 42.0 Å². The van der Waals surface area contributed by atoms with Crippen molar-refractivity contribution in [2.75, 3.05) is 5.32 Å². The van der Waals surface area contributed by atoms with Gasteiger partial charge in [0.1, 0.15) is 11.5 Å². The second-order valence-corrected chi connectivity index (χ2v) is 3.94. The predicted molar refractivity (Wildman–Crippen MR) is 68.5 cm³/mol. The second-order valence-electron chi connectivity index (χ2n) is 3.94. The number of hydrogen-bond donors (Lipinski definition) is 3. The molecular formula is C14H13NO3. The van der Waals surface area contributed by atoms with E-state index in [0.717, 1.165) is 5.56 Å². The zero-order chi connectivity index (χ0) is 13.0. The lowest BCUT2D eigenvalue weighted by Gasteiger charge is -2.05. The van der Waals surface area contributed by atoms with Crippen molar-refractivity contribution in [3.05, 3.63) is 54.1 Å².